The van der Waals surface area contributed by atoms with E-state index in [4.69, 9.17) is 11.6 Å². The van der Waals surface area contributed by atoms with E-state index >= 15 is 0 Å². The number of hydrogen-bond donors (Lipinski definition) is 1. The third-order valence-corrected chi connectivity index (χ3v) is 3.54. The molecule has 4 heteroatoms. The van der Waals surface area contributed by atoms with Gasteiger partial charge in [-0.25, -0.2) is 0 Å². The number of fused-ring (bicyclic) bond motifs is 1. The van der Waals surface area contributed by atoms with Gasteiger partial charge in [-0.3, -0.25) is 9.78 Å². The van der Waals surface area contributed by atoms with E-state index in [0.29, 0.717) is 11.3 Å². The van der Waals surface area contributed by atoms with Gasteiger partial charge in [-0.05, 0) is 17.7 Å². The summed E-state index contributed by atoms with van der Waals surface area (Å²) in [6.45, 7) is 0. The third kappa shape index (κ3) is 2.85. The Morgan fingerprint density at radius 3 is 2.55 bits per heavy atom. The number of hydrogen-bond acceptors (Lipinski definition) is 2. The van der Waals surface area contributed by atoms with Crippen LogP contribution in [-0.2, 0) is 4.79 Å². The van der Waals surface area contributed by atoms with Crippen molar-refractivity contribution in [2.45, 2.75) is 0 Å². The number of carbonyl (C=O) groups is 1. The van der Waals surface area contributed by atoms with Crippen LogP contribution in [0.2, 0.25) is 0 Å². The highest BCUT2D eigenvalue weighted by Crippen LogP contribution is 2.23. The van der Waals surface area contributed by atoms with Gasteiger partial charge in [0.15, 0.2) is 0 Å². The SMILES string of the molecule is O=C(Nc1cccc2cccnc12)/C(=C\Cl)c1ccccc1. The van der Waals surface area contributed by atoms with Gasteiger partial charge >= 0.3 is 0 Å². The summed E-state index contributed by atoms with van der Waals surface area (Å²) in [4.78, 5) is 16.8. The Kier molecular flexibility index (Phi) is 4.17. The molecule has 0 aliphatic rings. The normalized spacial score (nSPS) is 11.4. The molecular formula is C18H13ClN2O. The molecule has 108 valence electrons. The molecule has 0 fully saturated rings. The summed E-state index contributed by atoms with van der Waals surface area (Å²) in [7, 11) is 0. The molecule has 1 amide bonds. The molecule has 2 aromatic carbocycles. The van der Waals surface area contributed by atoms with Crippen molar-refractivity contribution in [2.24, 2.45) is 0 Å². The van der Waals surface area contributed by atoms with Crippen LogP contribution in [0.4, 0.5) is 5.69 Å². The lowest BCUT2D eigenvalue weighted by Gasteiger charge is -2.10. The lowest BCUT2D eigenvalue weighted by molar-refractivity contribution is -0.111. The Hall–Kier alpha value is -2.65. The van der Waals surface area contributed by atoms with Crippen LogP contribution in [0, 0.1) is 0 Å². The highest BCUT2D eigenvalue weighted by atomic mass is 35.5. The first-order valence-corrected chi connectivity index (χ1v) is 7.24. The molecule has 0 unspecified atom stereocenters. The van der Waals surface area contributed by atoms with Gasteiger partial charge in [-0.15, -0.1) is 0 Å². The van der Waals surface area contributed by atoms with Crippen molar-refractivity contribution < 1.29 is 4.79 Å². The van der Waals surface area contributed by atoms with Gasteiger partial charge in [0.05, 0.1) is 16.8 Å². The Morgan fingerprint density at radius 2 is 1.77 bits per heavy atom. The highest BCUT2D eigenvalue weighted by Gasteiger charge is 2.13. The number of amides is 1. The van der Waals surface area contributed by atoms with Crippen LogP contribution in [0.25, 0.3) is 16.5 Å². The van der Waals surface area contributed by atoms with Gasteiger partial charge in [0.2, 0.25) is 0 Å². The van der Waals surface area contributed by atoms with Crippen molar-refractivity contribution in [3.8, 4) is 0 Å². The van der Waals surface area contributed by atoms with Crippen molar-refractivity contribution >= 4 is 39.7 Å². The number of nitrogens with zero attached hydrogens (tertiary/aromatic N) is 1. The number of benzene rings is 2. The first-order chi connectivity index (χ1) is 10.8. The quantitative estimate of drug-likeness (QED) is 0.726. The van der Waals surface area contributed by atoms with Gasteiger partial charge < -0.3 is 5.32 Å². The van der Waals surface area contributed by atoms with Crippen LogP contribution >= 0.6 is 11.6 Å². The van der Waals surface area contributed by atoms with Gasteiger partial charge in [-0.1, -0.05) is 60.1 Å². The smallest absolute Gasteiger partial charge is 0.257 e. The number of nitrogens with one attached hydrogen (secondary N) is 1. The number of aromatic nitrogens is 1. The molecule has 0 saturated carbocycles. The largest absolute Gasteiger partial charge is 0.320 e. The molecule has 0 spiro atoms. The summed E-state index contributed by atoms with van der Waals surface area (Å²) >= 11 is 5.84. The average Bonchev–Trinajstić information content (AvgIpc) is 2.57. The van der Waals surface area contributed by atoms with E-state index in [1.807, 2.05) is 60.7 Å². The molecule has 1 N–H and O–H groups in total. The van der Waals surface area contributed by atoms with Crippen molar-refractivity contribution in [3.05, 3.63) is 78.0 Å². The minimum absolute atomic E-state index is 0.264. The molecular weight excluding hydrogens is 296 g/mol. The van der Waals surface area contributed by atoms with E-state index in [2.05, 4.69) is 10.3 Å². The van der Waals surface area contributed by atoms with Gasteiger partial charge in [0.1, 0.15) is 0 Å². The maximum Gasteiger partial charge on any atom is 0.257 e. The van der Waals surface area contributed by atoms with E-state index < -0.39 is 0 Å². The Bertz CT molecular complexity index is 839. The second-order valence-corrected chi connectivity index (χ2v) is 4.94. The van der Waals surface area contributed by atoms with E-state index in [0.717, 1.165) is 16.5 Å². The fourth-order valence-corrected chi connectivity index (χ4v) is 2.48. The lowest BCUT2D eigenvalue weighted by Crippen LogP contribution is -2.13. The molecule has 0 atom stereocenters. The number of anilines is 1. The first-order valence-electron chi connectivity index (χ1n) is 6.80. The van der Waals surface area contributed by atoms with Gasteiger partial charge in [0.25, 0.3) is 5.91 Å². The van der Waals surface area contributed by atoms with E-state index in [1.54, 1.807) is 6.20 Å². The number of para-hydroxylation sites is 1. The molecule has 3 aromatic rings. The second kappa shape index (κ2) is 6.41. The molecule has 0 radical (unpaired) electrons. The molecule has 22 heavy (non-hydrogen) atoms. The van der Waals surface area contributed by atoms with Crippen molar-refractivity contribution in [1.29, 1.82) is 0 Å². The Balaban J connectivity index is 1.93. The summed E-state index contributed by atoms with van der Waals surface area (Å²) in [5, 5.41) is 3.85. The second-order valence-electron chi connectivity index (χ2n) is 4.72. The number of rotatable bonds is 3. The van der Waals surface area contributed by atoms with Crippen molar-refractivity contribution in [2.75, 3.05) is 5.32 Å². The van der Waals surface area contributed by atoms with Crippen molar-refractivity contribution in [3.63, 3.8) is 0 Å². The lowest BCUT2D eigenvalue weighted by atomic mass is 10.1. The average molecular weight is 309 g/mol. The predicted molar refractivity (Wildman–Crippen MR) is 90.6 cm³/mol. The van der Waals surface area contributed by atoms with Crippen LogP contribution in [0.1, 0.15) is 5.56 Å². The first kappa shape index (κ1) is 14.3. The monoisotopic (exact) mass is 308 g/mol. The minimum Gasteiger partial charge on any atom is -0.320 e. The molecule has 1 aromatic heterocycles. The van der Waals surface area contributed by atoms with Crippen LogP contribution in [0.5, 0.6) is 0 Å². The van der Waals surface area contributed by atoms with E-state index in [9.17, 15) is 4.79 Å². The minimum atomic E-state index is -0.264. The van der Waals surface area contributed by atoms with Gasteiger partial charge in [-0.2, -0.15) is 0 Å². The summed E-state index contributed by atoms with van der Waals surface area (Å²) in [6.07, 6.45) is 1.70. The summed E-state index contributed by atoms with van der Waals surface area (Å²) < 4.78 is 0. The fraction of sp³-hybridized carbons (Fsp3) is 0. The maximum absolute atomic E-state index is 12.5. The maximum atomic E-state index is 12.5. The molecule has 0 bridgehead atoms. The van der Waals surface area contributed by atoms with Crippen molar-refractivity contribution in [1.82, 2.24) is 4.98 Å². The van der Waals surface area contributed by atoms with Crippen LogP contribution in [-0.4, -0.2) is 10.9 Å². The summed E-state index contributed by atoms with van der Waals surface area (Å²) in [5.41, 5.74) is 3.89. The predicted octanol–water partition coefficient (Wildman–Crippen LogP) is 4.45. The third-order valence-electron chi connectivity index (χ3n) is 3.32. The zero-order valence-corrected chi connectivity index (χ0v) is 12.4. The Morgan fingerprint density at radius 1 is 1.00 bits per heavy atom. The molecule has 0 aliphatic carbocycles. The molecule has 3 rings (SSSR count). The summed E-state index contributed by atoms with van der Waals surface area (Å²) in [5.74, 6) is -0.264. The molecule has 1 heterocycles. The number of pyridine rings is 1. The number of halogens is 1. The van der Waals surface area contributed by atoms with E-state index in [-0.39, 0.29) is 5.91 Å². The number of carbonyl (C=O) groups excluding carboxylic acids is 1. The van der Waals surface area contributed by atoms with E-state index in [1.165, 1.54) is 5.54 Å². The fourth-order valence-electron chi connectivity index (χ4n) is 2.26. The zero-order chi connectivity index (χ0) is 15.4. The van der Waals surface area contributed by atoms with Gasteiger partial charge in [0, 0.05) is 17.1 Å². The standard InChI is InChI=1S/C18H13ClN2O/c19-12-15(13-6-2-1-3-7-13)18(22)21-16-10-4-8-14-9-5-11-20-17(14)16/h1-12H,(H,21,22)/b15-12-. The van der Waals surface area contributed by atoms with Crippen LogP contribution in [0.15, 0.2) is 72.4 Å². The Labute approximate surface area is 133 Å². The summed E-state index contributed by atoms with van der Waals surface area (Å²) in [6, 6.07) is 18.8. The highest BCUT2D eigenvalue weighted by molar-refractivity contribution is 6.37. The van der Waals surface area contributed by atoms with Crippen LogP contribution < -0.4 is 5.32 Å². The zero-order valence-electron chi connectivity index (χ0n) is 11.7. The topological polar surface area (TPSA) is 42.0 Å². The molecule has 0 saturated heterocycles. The molecule has 0 aliphatic heterocycles. The van der Waals surface area contributed by atoms with Crippen LogP contribution in [0.3, 0.4) is 0 Å². The molecule has 3 nitrogen and oxygen atoms in total.